The van der Waals surface area contributed by atoms with Crippen LogP contribution in [0.3, 0.4) is 0 Å². The van der Waals surface area contributed by atoms with Crippen molar-refractivity contribution in [3.63, 3.8) is 0 Å². The lowest BCUT2D eigenvalue weighted by Crippen LogP contribution is -3.00. The van der Waals surface area contributed by atoms with E-state index in [0.717, 1.165) is 0 Å². The highest BCUT2D eigenvalue weighted by molar-refractivity contribution is 7.75. The van der Waals surface area contributed by atoms with Crippen molar-refractivity contribution in [3.05, 3.63) is 12.2 Å². The zero-order valence-corrected chi connectivity index (χ0v) is 13.9. The fourth-order valence-corrected chi connectivity index (χ4v) is 6.57. The summed E-state index contributed by atoms with van der Waals surface area (Å²) in [7, 11) is -1.07. The van der Waals surface area contributed by atoms with E-state index in [1.807, 2.05) is 0 Å². The third-order valence-electron chi connectivity index (χ3n) is 2.91. The fourth-order valence-electron chi connectivity index (χ4n) is 2.27. The number of carbonyl (C=O) groups is 1. The Labute approximate surface area is 119 Å². The van der Waals surface area contributed by atoms with Crippen molar-refractivity contribution in [2.24, 2.45) is 0 Å². The highest BCUT2D eigenvalue weighted by Gasteiger charge is 2.36. The van der Waals surface area contributed by atoms with Crippen molar-refractivity contribution < 1.29 is 21.9 Å². The normalized spacial score (nSPS) is 10.7. The molecule has 0 spiro atoms. The zero-order valence-electron chi connectivity index (χ0n) is 12.3. The molecule has 0 radical (unpaired) electrons. The summed E-state index contributed by atoms with van der Waals surface area (Å²) in [4.78, 5) is 11.5. The molecule has 18 heavy (non-hydrogen) atoms. The smallest absolute Gasteiger partial charge is 0.336 e. The summed E-state index contributed by atoms with van der Waals surface area (Å²) >= 11 is 0. The van der Waals surface area contributed by atoms with Crippen molar-refractivity contribution in [1.82, 2.24) is 0 Å². The maximum atomic E-state index is 11.5. The minimum absolute atomic E-state index is 0. The number of hydrogen-bond acceptors (Lipinski definition) is 2. The van der Waals surface area contributed by atoms with Crippen molar-refractivity contribution in [1.29, 1.82) is 0 Å². The first-order valence-electron chi connectivity index (χ1n) is 6.69. The molecule has 0 atom stereocenters. The molecule has 0 aromatic heterocycles. The third kappa shape index (κ3) is 7.38. The molecule has 2 nitrogen and oxygen atoms in total. The van der Waals surface area contributed by atoms with Gasteiger partial charge in [-0.25, -0.2) is 4.79 Å². The van der Waals surface area contributed by atoms with Gasteiger partial charge in [0.2, 0.25) is 0 Å². The quantitative estimate of drug-likeness (QED) is 0.364. The Morgan fingerprint density at radius 3 is 1.72 bits per heavy atom. The standard InChI is InChI=1S/C14H28O2P.ClH/c1-6-9-17(10-7-2,11-8-3)12-16-14(15)13(4)5;/h4,6-12H2,1-3,5H3;1H/q+1;/p-1. The number of carbonyl (C=O) groups excluding carboxylic acids is 1. The van der Waals surface area contributed by atoms with Crippen molar-refractivity contribution >= 4 is 13.2 Å². The predicted octanol–water partition coefficient (Wildman–Crippen LogP) is 1.31. The lowest BCUT2D eigenvalue weighted by atomic mass is 10.4. The Morgan fingerprint density at radius 2 is 1.44 bits per heavy atom. The van der Waals surface area contributed by atoms with Crippen LogP contribution in [0, 0.1) is 0 Å². The molecule has 0 bridgehead atoms. The molecule has 0 N–H and O–H groups in total. The molecule has 0 heterocycles. The maximum Gasteiger partial charge on any atom is 0.336 e. The van der Waals surface area contributed by atoms with Crippen LogP contribution in [0.25, 0.3) is 0 Å². The van der Waals surface area contributed by atoms with Crippen LogP contribution in [0.5, 0.6) is 0 Å². The second-order valence-corrected chi connectivity index (χ2v) is 9.14. The van der Waals surface area contributed by atoms with Gasteiger partial charge in [-0.2, -0.15) is 0 Å². The molecule has 108 valence electrons. The highest BCUT2D eigenvalue weighted by atomic mass is 35.5. The fraction of sp³-hybridized carbons (Fsp3) is 0.786. The number of esters is 1. The first kappa shape index (κ1) is 20.3. The van der Waals surface area contributed by atoms with Crippen LogP contribution < -0.4 is 12.4 Å². The van der Waals surface area contributed by atoms with E-state index in [-0.39, 0.29) is 18.4 Å². The topological polar surface area (TPSA) is 26.3 Å². The van der Waals surface area contributed by atoms with E-state index in [2.05, 4.69) is 27.4 Å². The summed E-state index contributed by atoms with van der Waals surface area (Å²) < 4.78 is 5.44. The predicted molar refractivity (Wildman–Crippen MR) is 78.2 cm³/mol. The largest absolute Gasteiger partial charge is 1.00 e. The summed E-state index contributed by atoms with van der Waals surface area (Å²) in [6.07, 6.45) is 7.98. The first-order valence-corrected chi connectivity index (χ1v) is 9.22. The molecular weight excluding hydrogens is 267 g/mol. The van der Waals surface area contributed by atoms with Crippen LogP contribution in [-0.2, 0) is 9.53 Å². The SMILES string of the molecule is C=C(C)C(=O)OC[P+](CCC)(CCC)CCC.[Cl-]. The molecule has 0 amide bonds. The summed E-state index contributed by atoms with van der Waals surface area (Å²) in [6.45, 7) is 12.0. The third-order valence-corrected chi connectivity index (χ3v) is 7.78. The minimum atomic E-state index is -1.07. The van der Waals surface area contributed by atoms with E-state index in [0.29, 0.717) is 11.9 Å². The second-order valence-electron chi connectivity index (χ2n) is 4.85. The van der Waals surface area contributed by atoms with Gasteiger partial charge in [0, 0.05) is 5.57 Å². The molecule has 0 aromatic rings. The summed E-state index contributed by atoms with van der Waals surface area (Å²) in [6, 6.07) is 0. The van der Waals surface area contributed by atoms with Crippen LogP contribution in [0.2, 0.25) is 0 Å². The lowest BCUT2D eigenvalue weighted by molar-refractivity contribution is -0.136. The monoisotopic (exact) mass is 294 g/mol. The van der Waals surface area contributed by atoms with Crippen LogP contribution in [0.4, 0.5) is 0 Å². The van der Waals surface area contributed by atoms with E-state index in [4.69, 9.17) is 4.74 Å². The van der Waals surface area contributed by atoms with Crippen LogP contribution in [0.15, 0.2) is 12.2 Å². The molecule has 0 rings (SSSR count). The Morgan fingerprint density at radius 1 is 1.06 bits per heavy atom. The molecule has 0 saturated heterocycles. The van der Waals surface area contributed by atoms with Crippen LogP contribution >= 0.6 is 7.26 Å². The van der Waals surface area contributed by atoms with Crippen molar-refractivity contribution in [2.75, 3.05) is 24.8 Å². The Hall–Kier alpha value is -0.0700. The summed E-state index contributed by atoms with van der Waals surface area (Å²) in [5, 5.41) is 0. The van der Waals surface area contributed by atoms with Gasteiger partial charge in [0.25, 0.3) is 0 Å². The van der Waals surface area contributed by atoms with E-state index < -0.39 is 7.26 Å². The zero-order chi connectivity index (χ0) is 13.3. The summed E-state index contributed by atoms with van der Waals surface area (Å²) in [5.74, 6) is -0.224. The number of rotatable bonds is 9. The molecule has 0 fully saturated rings. The van der Waals surface area contributed by atoms with E-state index >= 15 is 0 Å². The second kappa shape index (κ2) is 10.8. The summed E-state index contributed by atoms with van der Waals surface area (Å²) in [5.41, 5.74) is 0.507. The van der Waals surface area contributed by atoms with Gasteiger partial charge >= 0.3 is 5.97 Å². The van der Waals surface area contributed by atoms with Gasteiger partial charge in [0.15, 0.2) is 6.35 Å². The van der Waals surface area contributed by atoms with Crippen LogP contribution in [0.1, 0.15) is 47.0 Å². The van der Waals surface area contributed by atoms with Gasteiger partial charge in [0.1, 0.15) is 0 Å². The van der Waals surface area contributed by atoms with Crippen molar-refractivity contribution in [2.45, 2.75) is 47.0 Å². The number of hydrogen-bond donors (Lipinski definition) is 0. The molecule has 0 saturated carbocycles. The number of halogens is 1. The molecule has 0 unspecified atom stereocenters. The van der Waals surface area contributed by atoms with Gasteiger partial charge in [-0.15, -0.1) is 0 Å². The first-order chi connectivity index (χ1) is 8.01. The molecule has 0 aliphatic rings. The van der Waals surface area contributed by atoms with Crippen molar-refractivity contribution in [3.8, 4) is 0 Å². The lowest BCUT2D eigenvalue weighted by Gasteiger charge is -2.26. The Balaban J connectivity index is 0. The van der Waals surface area contributed by atoms with E-state index in [9.17, 15) is 4.79 Å². The van der Waals surface area contributed by atoms with E-state index in [1.54, 1.807) is 6.92 Å². The molecular formula is C14H28ClO2P. The van der Waals surface area contributed by atoms with Gasteiger partial charge in [0.05, 0.1) is 25.7 Å². The Bertz CT molecular complexity index is 237. The highest BCUT2D eigenvalue weighted by Crippen LogP contribution is 2.60. The average molecular weight is 295 g/mol. The van der Waals surface area contributed by atoms with E-state index in [1.165, 1.54) is 37.7 Å². The van der Waals surface area contributed by atoms with Gasteiger partial charge in [-0.05, 0) is 26.2 Å². The van der Waals surface area contributed by atoms with Gasteiger partial charge in [-0.1, -0.05) is 27.4 Å². The number of ether oxygens (including phenoxy) is 1. The minimum Gasteiger partial charge on any atom is -1.00 e. The Kier molecular flexibility index (Phi) is 12.2. The van der Waals surface area contributed by atoms with Crippen LogP contribution in [-0.4, -0.2) is 30.8 Å². The molecule has 4 heteroatoms. The molecule has 0 aliphatic carbocycles. The maximum absolute atomic E-state index is 11.5. The molecule has 0 aliphatic heterocycles. The van der Waals surface area contributed by atoms with Gasteiger partial charge < -0.3 is 17.1 Å². The average Bonchev–Trinajstić information content (AvgIpc) is 2.27. The molecule has 0 aromatic carbocycles. The van der Waals surface area contributed by atoms with Gasteiger partial charge in [-0.3, -0.25) is 0 Å².